The quantitative estimate of drug-likeness (QED) is 0.676. The summed E-state index contributed by atoms with van der Waals surface area (Å²) in [6, 6.07) is 9.72. The van der Waals surface area contributed by atoms with Crippen LogP contribution in [0.2, 0.25) is 0 Å². The van der Waals surface area contributed by atoms with Gasteiger partial charge < -0.3 is 9.64 Å². The molecule has 2 rings (SSSR count). The molecule has 0 fully saturated rings. The Labute approximate surface area is 152 Å². The van der Waals surface area contributed by atoms with Gasteiger partial charge in [-0.25, -0.2) is 9.78 Å². The molecule has 0 radical (unpaired) electrons. The zero-order valence-corrected chi connectivity index (χ0v) is 15.7. The molecule has 0 atom stereocenters. The van der Waals surface area contributed by atoms with Crippen molar-refractivity contribution in [2.24, 2.45) is 5.92 Å². The maximum Gasteiger partial charge on any atom is 0.357 e. The average molecular weight is 360 g/mol. The maximum atomic E-state index is 12.7. The summed E-state index contributed by atoms with van der Waals surface area (Å²) in [5, 5.41) is 2.41. The number of aromatic nitrogens is 1. The lowest BCUT2D eigenvalue weighted by Crippen LogP contribution is -2.33. The minimum atomic E-state index is -0.452. The lowest BCUT2D eigenvalue weighted by molar-refractivity contribution is -0.131. The minimum absolute atomic E-state index is 0.0710. The summed E-state index contributed by atoms with van der Waals surface area (Å²) in [4.78, 5) is 30.4. The third kappa shape index (κ3) is 5.98. The van der Waals surface area contributed by atoms with Gasteiger partial charge in [-0.15, -0.1) is 11.3 Å². The second kappa shape index (κ2) is 9.32. The monoisotopic (exact) mass is 360 g/mol. The topological polar surface area (TPSA) is 59.5 Å². The fraction of sp³-hybridized carbons (Fsp3) is 0.421. The predicted molar refractivity (Wildman–Crippen MR) is 98.5 cm³/mol. The molecule has 0 unspecified atom stereocenters. The van der Waals surface area contributed by atoms with E-state index in [2.05, 4.69) is 23.6 Å². The lowest BCUT2D eigenvalue weighted by atomic mass is 10.1. The van der Waals surface area contributed by atoms with E-state index < -0.39 is 5.97 Å². The molecular formula is C19H24N2O3S. The normalized spacial score (nSPS) is 10.7. The first-order chi connectivity index (χ1) is 12.0. The Balaban J connectivity index is 2.07. The highest BCUT2D eigenvalue weighted by Crippen LogP contribution is 2.16. The molecule has 25 heavy (non-hydrogen) atoms. The van der Waals surface area contributed by atoms with Crippen molar-refractivity contribution in [3.05, 3.63) is 52.0 Å². The minimum Gasteiger partial charge on any atom is -0.464 e. The van der Waals surface area contributed by atoms with E-state index in [0.717, 1.165) is 17.0 Å². The average Bonchev–Trinajstić information content (AvgIpc) is 3.07. The van der Waals surface area contributed by atoms with Crippen LogP contribution in [-0.2, 0) is 22.5 Å². The van der Waals surface area contributed by atoms with E-state index in [4.69, 9.17) is 0 Å². The largest absolute Gasteiger partial charge is 0.464 e. The van der Waals surface area contributed by atoms with Crippen molar-refractivity contribution in [1.29, 1.82) is 0 Å². The summed E-state index contributed by atoms with van der Waals surface area (Å²) >= 11 is 1.37. The number of esters is 1. The number of thiazole rings is 1. The van der Waals surface area contributed by atoms with Gasteiger partial charge in [-0.3, -0.25) is 4.79 Å². The van der Waals surface area contributed by atoms with Gasteiger partial charge in [0.25, 0.3) is 0 Å². The summed E-state index contributed by atoms with van der Waals surface area (Å²) in [6.45, 7) is 5.37. The van der Waals surface area contributed by atoms with E-state index >= 15 is 0 Å². The van der Waals surface area contributed by atoms with Crippen molar-refractivity contribution in [2.45, 2.75) is 33.2 Å². The number of nitrogens with zero attached hydrogens (tertiary/aromatic N) is 2. The van der Waals surface area contributed by atoms with Gasteiger partial charge in [0.05, 0.1) is 20.1 Å². The van der Waals surface area contributed by atoms with Crippen molar-refractivity contribution >= 4 is 23.2 Å². The predicted octanol–water partition coefficient (Wildman–Crippen LogP) is 3.55. The van der Waals surface area contributed by atoms with Crippen LogP contribution in [0.4, 0.5) is 0 Å². The van der Waals surface area contributed by atoms with Crippen molar-refractivity contribution in [3.8, 4) is 0 Å². The number of benzene rings is 1. The van der Waals surface area contributed by atoms with Crippen LogP contribution < -0.4 is 0 Å². The van der Waals surface area contributed by atoms with Crippen molar-refractivity contribution in [3.63, 3.8) is 0 Å². The number of methoxy groups -OCH3 is 1. The molecule has 0 aliphatic heterocycles. The van der Waals surface area contributed by atoms with Crippen LogP contribution in [-0.4, -0.2) is 35.4 Å². The molecule has 5 nitrogen and oxygen atoms in total. The molecule has 134 valence electrons. The van der Waals surface area contributed by atoms with Crippen LogP contribution in [0.5, 0.6) is 0 Å². The molecule has 0 spiro atoms. The summed E-state index contributed by atoms with van der Waals surface area (Å²) in [6.07, 6.45) is 1.30. The van der Waals surface area contributed by atoms with Crippen LogP contribution in [0.1, 0.15) is 41.3 Å². The smallest absolute Gasteiger partial charge is 0.357 e. The Bertz CT molecular complexity index is 698. The first-order valence-corrected chi connectivity index (χ1v) is 9.22. The number of hydrogen-bond acceptors (Lipinski definition) is 5. The van der Waals surface area contributed by atoms with Crippen molar-refractivity contribution in [2.75, 3.05) is 13.7 Å². The molecule has 1 heterocycles. The standard InChI is InChI=1S/C19H24N2O3S/c1-14(2)9-10-21(18(22)11-15-7-5-4-6-8-15)12-17-20-16(13-25-17)19(23)24-3/h4-8,13-14H,9-12H2,1-3H3. The van der Waals surface area contributed by atoms with E-state index in [-0.39, 0.29) is 5.91 Å². The number of ether oxygens (including phenoxy) is 1. The molecule has 1 aromatic carbocycles. The Morgan fingerprint density at radius 2 is 1.96 bits per heavy atom. The fourth-order valence-corrected chi connectivity index (χ4v) is 3.11. The molecule has 0 saturated carbocycles. The van der Waals surface area contributed by atoms with Crippen LogP contribution in [0.15, 0.2) is 35.7 Å². The number of rotatable bonds is 8. The highest BCUT2D eigenvalue weighted by molar-refractivity contribution is 7.09. The van der Waals surface area contributed by atoms with Gasteiger partial charge >= 0.3 is 5.97 Å². The van der Waals surface area contributed by atoms with Gasteiger partial charge in [-0.1, -0.05) is 44.2 Å². The summed E-state index contributed by atoms with van der Waals surface area (Å²) < 4.78 is 4.68. The summed E-state index contributed by atoms with van der Waals surface area (Å²) in [7, 11) is 1.33. The molecule has 2 aromatic rings. The number of carbonyl (C=O) groups excluding carboxylic acids is 2. The van der Waals surface area contributed by atoms with E-state index in [1.807, 2.05) is 35.2 Å². The van der Waals surface area contributed by atoms with Gasteiger partial charge in [0, 0.05) is 11.9 Å². The molecule has 1 amide bonds. The van der Waals surface area contributed by atoms with E-state index in [1.165, 1.54) is 18.4 Å². The zero-order chi connectivity index (χ0) is 18.2. The Kier molecular flexibility index (Phi) is 7.13. The molecule has 0 aliphatic rings. The third-order valence-corrected chi connectivity index (χ3v) is 4.63. The first-order valence-electron chi connectivity index (χ1n) is 8.34. The summed E-state index contributed by atoms with van der Waals surface area (Å²) in [5.41, 5.74) is 1.29. The highest BCUT2D eigenvalue weighted by atomic mass is 32.1. The second-order valence-electron chi connectivity index (χ2n) is 6.28. The molecule has 0 N–H and O–H groups in total. The molecule has 0 bridgehead atoms. The SMILES string of the molecule is COC(=O)c1csc(CN(CCC(C)C)C(=O)Cc2ccccc2)n1. The lowest BCUT2D eigenvalue weighted by Gasteiger charge is -2.23. The van der Waals surface area contributed by atoms with Crippen LogP contribution >= 0.6 is 11.3 Å². The van der Waals surface area contributed by atoms with Crippen LogP contribution in [0.25, 0.3) is 0 Å². The first kappa shape index (κ1) is 19.1. The summed E-state index contributed by atoms with van der Waals surface area (Å²) in [5.74, 6) is 0.127. The fourth-order valence-electron chi connectivity index (χ4n) is 2.33. The Morgan fingerprint density at radius 3 is 2.60 bits per heavy atom. The van der Waals surface area contributed by atoms with Gasteiger partial charge in [0.2, 0.25) is 5.91 Å². The Morgan fingerprint density at radius 1 is 1.24 bits per heavy atom. The van der Waals surface area contributed by atoms with Gasteiger partial charge in [0.15, 0.2) is 5.69 Å². The van der Waals surface area contributed by atoms with E-state index in [9.17, 15) is 9.59 Å². The van der Waals surface area contributed by atoms with E-state index in [0.29, 0.717) is 31.1 Å². The molecule has 6 heteroatoms. The number of amides is 1. The third-order valence-electron chi connectivity index (χ3n) is 3.80. The van der Waals surface area contributed by atoms with Crippen molar-refractivity contribution < 1.29 is 14.3 Å². The van der Waals surface area contributed by atoms with Gasteiger partial charge in [0.1, 0.15) is 5.01 Å². The zero-order valence-electron chi connectivity index (χ0n) is 14.9. The molecule has 0 saturated heterocycles. The van der Waals surface area contributed by atoms with Gasteiger partial charge in [-0.2, -0.15) is 0 Å². The number of carbonyl (C=O) groups is 2. The second-order valence-corrected chi connectivity index (χ2v) is 7.22. The van der Waals surface area contributed by atoms with Crippen LogP contribution in [0.3, 0.4) is 0 Å². The maximum absolute atomic E-state index is 12.7. The number of hydrogen-bond donors (Lipinski definition) is 0. The van der Waals surface area contributed by atoms with E-state index in [1.54, 1.807) is 5.38 Å². The molecule has 1 aromatic heterocycles. The van der Waals surface area contributed by atoms with Crippen LogP contribution in [0, 0.1) is 5.92 Å². The highest BCUT2D eigenvalue weighted by Gasteiger charge is 2.18. The van der Waals surface area contributed by atoms with Crippen molar-refractivity contribution in [1.82, 2.24) is 9.88 Å². The molecule has 0 aliphatic carbocycles. The Hall–Kier alpha value is -2.21. The molecular weight excluding hydrogens is 336 g/mol. The van der Waals surface area contributed by atoms with Gasteiger partial charge in [-0.05, 0) is 17.9 Å².